The lowest BCUT2D eigenvalue weighted by Gasteiger charge is -2.21. The van der Waals surface area contributed by atoms with Gasteiger partial charge < -0.3 is 10.2 Å². The number of rotatable bonds is 5. The molecule has 14 heavy (non-hydrogen) atoms. The van der Waals surface area contributed by atoms with Crippen molar-refractivity contribution in [3.63, 3.8) is 0 Å². The van der Waals surface area contributed by atoms with Gasteiger partial charge in [0.05, 0.1) is 12.6 Å². The SMILES string of the molecule is [N-]=[N+]=NC1CC(CO)N(CCCO)C1. The van der Waals surface area contributed by atoms with Crippen LogP contribution in [0.3, 0.4) is 0 Å². The van der Waals surface area contributed by atoms with Crippen LogP contribution in [0.2, 0.25) is 0 Å². The summed E-state index contributed by atoms with van der Waals surface area (Å²) in [5.41, 5.74) is 8.29. The van der Waals surface area contributed by atoms with Crippen LogP contribution >= 0.6 is 0 Å². The van der Waals surface area contributed by atoms with Gasteiger partial charge in [-0.2, -0.15) is 0 Å². The van der Waals surface area contributed by atoms with Crippen LogP contribution < -0.4 is 0 Å². The fourth-order valence-corrected chi connectivity index (χ4v) is 1.85. The molecule has 1 rings (SSSR count). The minimum absolute atomic E-state index is 0.0316. The Morgan fingerprint density at radius 2 is 2.29 bits per heavy atom. The second-order valence-corrected chi connectivity index (χ2v) is 3.50. The van der Waals surface area contributed by atoms with Crippen LogP contribution in [0.25, 0.3) is 10.4 Å². The van der Waals surface area contributed by atoms with E-state index in [4.69, 9.17) is 15.7 Å². The largest absolute Gasteiger partial charge is 0.396 e. The molecule has 1 heterocycles. The fourth-order valence-electron chi connectivity index (χ4n) is 1.85. The molecule has 6 nitrogen and oxygen atoms in total. The molecule has 0 saturated carbocycles. The van der Waals surface area contributed by atoms with Crippen molar-refractivity contribution in [2.24, 2.45) is 5.11 Å². The molecular weight excluding hydrogens is 184 g/mol. The molecule has 2 unspecified atom stereocenters. The monoisotopic (exact) mass is 200 g/mol. The summed E-state index contributed by atoms with van der Waals surface area (Å²) >= 11 is 0. The zero-order chi connectivity index (χ0) is 10.4. The van der Waals surface area contributed by atoms with E-state index >= 15 is 0 Å². The maximum Gasteiger partial charge on any atom is 0.0586 e. The molecule has 6 heteroatoms. The van der Waals surface area contributed by atoms with Crippen molar-refractivity contribution >= 4 is 0 Å². The minimum Gasteiger partial charge on any atom is -0.396 e. The third-order valence-electron chi connectivity index (χ3n) is 2.53. The van der Waals surface area contributed by atoms with Crippen molar-refractivity contribution in [1.82, 2.24) is 4.90 Å². The molecule has 1 aliphatic heterocycles. The van der Waals surface area contributed by atoms with Crippen molar-refractivity contribution < 1.29 is 10.2 Å². The molecule has 1 fully saturated rings. The van der Waals surface area contributed by atoms with Crippen molar-refractivity contribution in [1.29, 1.82) is 0 Å². The standard InChI is InChI=1S/C8H16N4O2/c9-11-10-7-4-8(6-14)12(5-7)2-1-3-13/h7-8,13-14H,1-6H2. The van der Waals surface area contributed by atoms with Crippen molar-refractivity contribution in [2.75, 3.05) is 26.3 Å². The van der Waals surface area contributed by atoms with E-state index in [0.29, 0.717) is 19.4 Å². The van der Waals surface area contributed by atoms with Gasteiger partial charge in [0.15, 0.2) is 0 Å². The Balaban J connectivity index is 2.44. The van der Waals surface area contributed by atoms with E-state index < -0.39 is 0 Å². The highest BCUT2D eigenvalue weighted by atomic mass is 16.3. The fraction of sp³-hybridized carbons (Fsp3) is 1.00. The first-order chi connectivity index (χ1) is 6.81. The lowest BCUT2D eigenvalue weighted by molar-refractivity contribution is 0.148. The highest BCUT2D eigenvalue weighted by Crippen LogP contribution is 2.20. The minimum atomic E-state index is -0.0316. The second kappa shape index (κ2) is 5.82. The number of hydrogen-bond acceptors (Lipinski definition) is 4. The molecule has 2 atom stereocenters. The molecule has 0 aliphatic carbocycles. The van der Waals surface area contributed by atoms with Gasteiger partial charge in [-0.25, -0.2) is 0 Å². The Bertz CT molecular complexity index is 217. The van der Waals surface area contributed by atoms with Gasteiger partial charge in [0.25, 0.3) is 0 Å². The highest BCUT2D eigenvalue weighted by Gasteiger charge is 2.30. The number of aliphatic hydroxyl groups excluding tert-OH is 2. The molecule has 0 spiro atoms. The normalized spacial score (nSPS) is 27.6. The van der Waals surface area contributed by atoms with E-state index in [-0.39, 0.29) is 25.3 Å². The summed E-state index contributed by atoms with van der Waals surface area (Å²) in [6, 6.07) is 0.0490. The van der Waals surface area contributed by atoms with E-state index in [2.05, 4.69) is 14.9 Å². The molecule has 0 radical (unpaired) electrons. The summed E-state index contributed by atoms with van der Waals surface area (Å²) in [4.78, 5) is 4.83. The zero-order valence-corrected chi connectivity index (χ0v) is 8.08. The van der Waals surface area contributed by atoms with Gasteiger partial charge in [-0.15, -0.1) is 0 Å². The van der Waals surface area contributed by atoms with Crippen LogP contribution in [0.15, 0.2) is 5.11 Å². The van der Waals surface area contributed by atoms with Crippen molar-refractivity contribution in [3.8, 4) is 0 Å². The van der Waals surface area contributed by atoms with E-state index in [1.807, 2.05) is 0 Å². The van der Waals surface area contributed by atoms with E-state index in [1.54, 1.807) is 0 Å². The summed E-state index contributed by atoms with van der Waals surface area (Å²) in [5.74, 6) is 0. The molecule has 0 bridgehead atoms. The number of nitrogens with zero attached hydrogens (tertiary/aromatic N) is 4. The highest BCUT2D eigenvalue weighted by molar-refractivity contribution is 4.89. The lowest BCUT2D eigenvalue weighted by Crippen LogP contribution is -2.33. The number of azide groups is 1. The van der Waals surface area contributed by atoms with Gasteiger partial charge in [-0.1, -0.05) is 5.11 Å². The molecule has 1 aliphatic rings. The Morgan fingerprint density at radius 3 is 2.86 bits per heavy atom. The molecule has 80 valence electrons. The lowest BCUT2D eigenvalue weighted by atomic mass is 10.2. The predicted octanol–water partition coefficient (Wildman–Crippen LogP) is 0.114. The molecule has 0 aromatic rings. The molecule has 0 amide bonds. The first-order valence-corrected chi connectivity index (χ1v) is 4.81. The Labute approximate surface area is 82.8 Å². The van der Waals surface area contributed by atoms with Crippen LogP contribution in [0.4, 0.5) is 0 Å². The van der Waals surface area contributed by atoms with Gasteiger partial charge in [0.1, 0.15) is 0 Å². The summed E-state index contributed by atoms with van der Waals surface area (Å²) in [6.07, 6.45) is 1.41. The van der Waals surface area contributed by atoms with Gasteiger partial charge in [0.2, 0.25) is 0 Å². The molecular formula is C8H16N4O2. The topological polar surface area (TPSA) is 92.5 Å². The van der Waals surface area contributed by atoms with Gasteiger partial charge in [0, 0.05) is 30.6 Å². The predicted molar refractivity (Wildman–Crippen MR) is 51.7 cm³/mol. The zero-order valence-electron chi connectivity index (χ0n) is 8.08. The van der Waals surface area contributed by atoms with Gasteiger partial charge in [-0.3, -0.25) is 4.90 Å². The van der Waals surface area contributed by atoms with Crippen LogP contribution in [0, 0.1) is 0 Å². The van der Waals surface area contributed by atoms with Crippen molar-refractivity contribution in [3.05, 3.63) is 10.4 Å². The first-order valence-electron chi connectivity index (χ1n) is 4.81. The average Bonchev–Trinajstić information content (AvgIpc) is 2.58. The Hall–Kier alpha value is -0.810. The molecule has 0 aromatic carbocycles. The third kappa shape index (κ3) is 2.85. The van der Waals surface area contributed by atoms with E-state index in [1.165, 1.54) is 0 Å². The van der Waals surface area contributed by atoms with E-state index in [0.717, 1.165) is 6.54 Å². The summed E-state index contributed by atoms with van der Waals surface area (Å²) < 4.78 is 0. The van der Waals surface area contributed by atoms with Crippen molar-refractivity contribution in [2.45, 2.75) is 24.9 Å². The average molecular weight is 200 g/mol. The van der Waals surface area contributed by atoms with Crippen LogP contribution in [0.1, 0.15) is 12.8 Å². The quantitative estimate of drug-likeness (QED) is 0.375. The van der Waals surface area contributed by atoms with Crippen LogP contribution in [-0.2, 0) is 0 Å². The number of likely N-dealkylation sites (tertiary alicyclic amines) is 1. The van der Waals surface area contributed by atoms with Gasteiger partial charge >= 0.3 is 0 Å². The number of aliphatic hydroxyl groups is 2. The van der Waals surface area contributed by atoms with E-state index in [9.17, 15) is 0 Å². The smallest absolute Gasteiger partial charge is 0.0586 e. The maximum atomic E-state index is 9.08. The van der Waals surface area contributed by atoms with Crippen LogP contribution in [-0.4, -0.2) is 53.5 Å². The molecule has 2 N–H and O–H groups in total. The summed E-state index contributed by atoms with van der Waals surface area (Å²) in [5, 5.41) is 21.4. The number of hydrogen-bond donors (Lipinski definition) is 2. The Morgan fingerprint density at radius 1 is 1.50 bits per heavy atom. The third-order valence-corrected chi connectivity index (χ3v) is 2.53. The summed E-state index contributed by atoms with van der Waals surface area (Å²) in [7, 11) is 0. The maximum absolute atomic E-state index is 9.08. The molecule has 1 saturated heterocycles. The summed E-state index contributed by atoms with van der Waals surface area (Å²) in [6.45, 7) is 1.68. The van der Waals surface area contributed by atoms with Crippen LogP contribution in [0.5, 0.6) is 0 Å². The van der Waals surface area contributed by atoms with Gasteiger partial charge in [-0.05, 0) is 18.4 Å². The molecule has 0 aromatic heterocycles. The first kappa shape index (κ1) is 11.3. The Kier molecular flexibility index (Phi) is 4.69. The second-order valence-electron chi connectivity index (χ2n) is 3.50.